The van der Waals surface area contributed by atoms with Gasteiger partial charge in [-0.15, -0.1) is 0 Å². The van der Waals surface area contributed by atoms with E-state index in [4.69, 9.17) is 14.2 Å². The van der Waals surface area contributed by atoms with E-state index in [-0.39, 0.29) is 40.8 Å². The summed E-state index contributed by atoms with van der Waals surface area (Å²) < 4.78 is 16.9. The van der Waals surface area contributed by atoms with E-state index >= 15 is 0 Å². The first-order chi connectivity index (χ1) is 14.2. The third kappa shape index (κ3) is 3.68. The van der Waals surface area contributed by atoms with Crippen LogP contribution in [0.2, 0.25) is 0 Å². The van der Waals surface area contributed by atoms with Crippen molar-refractivity contribution in [3.63, 3.8) is 0 Å². The Balaban J connectivity index is 1.63. The number of aliphatic hydroxyl groups is 3. The van der Waals surface area contributed by atoms with E-state index in [1.54, 1.807) is 12.1 Å². The Hall–Kier alpha value is -2.85. The van der Waals surface area contributed by atoms with Gasteiger partial charge in [-0.05, 0) is 24.6 Å². The van der Waals surface area contributed by atoms with Gasteiger partial charge in [0.25, 0.3) is 0 Å². The molecular weight excluding hydrogens is 396 g/mol. The summed E-state index contributed by atoms with van der Waals surface area (Å²) in [5, 5.41) is 49.5. The lowest BCUT2D eigenvalue weighted by atomic mass is 9.95. The molecule has 1 saturated heterocycles. The summed E-state index contributed by atoms with van der Waals surface area (Å²) in [6, 6.07) is 8.72. The van der Waals surface area contributed by atoms with Crippen molar-refractivity contribution in [2.24, 2.45) is 0 Å². The fourth-order valence-electron chi connectivity index (χ4n) is 3.61. The van der Waals surface area contributed by atoms with E-state index in [1.807, 2.05) is 0 Å². The molecule has 9 heteroatoms. The predicted octanol–water partition coefficient (Wildman–Crippen LogP) is 1.01. The minimum absolute atomic E-state index is 0.00920. The molecule has 4 rings (SSSR count). The molecule has 0 spiro atoms. The van der Waals surface area contributed by atoms with Crippen LogP contribution in [0.5, 0.6) is 23.0 Å². The molecule has 0 aromatic heterocycles. The van der Waals surface area contributed by atoms with Crippen LogP contribution in [0.15, 0.2) is 36.4 Å². The van der Waals surface area contributed by atoms with Crippen LogP contribution in [-0.2, 0) is 4.74 Å². The van der Waals surface area contributed by atoms with Gasteiger partial charge in [-0.25, -0.2) is 0 Å². The van der Waals surface area contributed by atoms with Crippen LogP contribution in [0.1, 0.15) is 35.4 Å². The van der Waals surface area contributed by atoms with Crippen LogP contribution in [0.3, 0.4) is 0 Å². The SMILES string of the molecule is C[C@@H]1O[C@H](Oc2cc(O)cc3c2C(=O)C[C@@H](c2ccc(O)cc2)O3)[C@@H](O)[C@@H](O)[C@H]1O. The Bertz CT molecular complexity index is 942. The Morgan fingerprint density at radius 2 is 1.67 bits per heavy atom. The second-order valence-corrected chi connectivity index (χ2v) is 7.44. The number of aliphatic hydroxyl groups excluding tert-OH is 3. The molecule has 0 saturated carbocycles. The minimum atomic E-state index is -1.57. The quantitative estimate of drug-likeness (QED) is 0.493. The van der Waals surface area contributed by atoms with Crippen LogP contribution >= 0.6 is 0 Å². The Labute approximate surface area is 171 Å². The van der Waals surface area contributed by atoms with Crippen molar-refractivity contribution in [2.75, 3.05) is 0 Å². The van der Waals surface area contributed by atoms with Crippen LogP contribution < -0.4 is 9.47 Å². The van der Waals surface area contributed by atoms with E-state index in [0.29, 0.717) is 5.56 Å². The smallest absolute Gasteiger partial charge is 0.229 e. The van der Waals surface area contributed by atoms with Crippen LogP contribution in [0, 0.1) is 0 Å². The second-order valence-electron chi connectivity index (χ2n) is 7.44. The number of hydrogen-bond acceptors (Lipinski definition) is 9. The first kappa shape index (κ1) is 20.4. The summed E-state index contributed by atoms with van der Waals surface area (Å²) in [5.41, 5.74) is 0.751. The Morgan fingerprint density at radius 1 is 0.967 bits per heavy atom. The molecule has 2 aromatic carbocycles. The number of phenols is 2. The van der Waals surface area contributed by atoms with Crippen molar-refractivity contribution >= 4 is 5.78 Å². The number of carbonyl (C=O) groups is 1. The maximum Gasteiger partial charge on any atom is 0.229 e. The van der Waals surface area contributed by atoms with Crippen molar-refractivity contribution < 1.29 is 44.5 Å². The average Bonchev–Trinajstić information content (AvgIpc) is 2.70. The molecule has 2 heterocycles. The van der Waals surface area contributed by atoms with Gasteiger partial charge >= 0.3 is 0 Å². The van der Waals surface area contributed by atoms with E-state index in [0.717, 1.165) is 0 Å². The van der Waals surface area contributed by atoms with Crippen molar-refractivity contribution in [1.82, 2.24) is 0 Å². The fraction of sp³-hybridized carbons (Fsp3) is 0.381. The monoisotopic (exact) mass is 418 g/mol. The van der Waals surface area contributed by atoms with Crippen molar-refractivity contribution in [3.8, 4) is 23.0 Å². The number of hydrogen-bond donors (Lipinski definition) is 5. The van der Waals surface area contributed by atoms with E-state index in [1.165, 1.54) is 31.2 Å². The average molecular weight is 418 g/mol. The molecular formula is C21H22O9. The highest BCUT2D eigenvalue weighted by molar-refractivity contribution is 6.02. The van der Waals surface area contributed by atoms with E-state index in [2.05, 4.69) is 0 Å². The number of aromatic hydroxyl groups is 2. The molecule has 6 atom stereocenters. The zero-order chi connectivity index (χ0) is 21.6. The number of ether oxygens (including phenoxy) is 3. The second kappa shape index (κ2) is 7.77. The molecule has 2 aliphatic rings. The van der Waals surface area contributed by atoms with Gasteiger partial charge in [-0.2, -0.15) is 0 Å². The number of phenolic OH excluding ortho intramolecular Hbond substituents is 2. The topological polar surface area (TPSA) is 146 Å². The first-order valence-corrected chi connectivity index (χ1v) is 9.46. The molecule has 9 nitrogen and oxygen atoms in total. The highest BCUT2D eigenvalue weighted by Gasteiger charge is 2.44. The lowest BCUT2D eigenvalue weighted by Gasteiger charge is -2.39. The highest BCUT2D eigenvalue weighted by atomic mass is 16.7. The van der Waals surface area contributed by atoms with Crippen molar-refractivity contribution in [1.29, 1.82) is 0 Å². The van der Waals surface area contributed by atoms with Gasteiger partial charge in [0.2, 0.25) is 6.29 Å². The maximum atomic E-state index is 12.9. The number of carbonyl (C=O) groups excluding carboxylic acids is 1. The van der Waals surface area contributed by atoms with Gasteiger partial charge in [0.15, 0.2) is 5.78 Å². The van der Waals surface area contributed by atoms with Gasteiger partial charge in [0.05, 0.1) is 12.5 Å². The molecule has 0 radical (unpaired) electrons. The summed E-state index contributed by atoms with van der Waals surface area (Å²) in [5.74, 6) is -0.440. The number of Topliss-reactive ketones (excluding diaryl/α,β-unsaturated/α-hetero) is 1. The third-order valence-electron chi connectivity index (χ3n) is 5.29. The first-order valence-electron chi connectivity index (χ1n) is 9.46. The van der Waals surface area contributed by atoms with E-state index in [9.17, 15) is 30.3 Å². The molecule has 0 unspecified atom stereocenters. The maximum absolute atomic E-state index is 12.9. The highest BCUT2D eigenvalue weighted by Crippen LogP contribution is 2.43. The van der Waals surface area contributed by atoms with Gasteiger partial charge < -0.3 is 39.7 Å². The summed E-state index contributed by atoms with van der Waals surface area (Å²) in [6.45, 7) is 1.50. The number of fused-ring (bicyclic) bond motifs is 1. The molecule has 2 aliphatic heterocycles. The molecule has 160 valence electrons. The molecule has 0 amide bonds. The number of ketones is 1. The third-order valence-corrected chi connectivity index (χ3v) is 5.29. The van der Waals surface area contributed by atoms with E-state index < -0.39 is 36.8 Å². The predicted molar refractivity (Wildman–Crippen MR) is 102 cm³/mol. The van der Waals surface area contributed by atoms with Crippen molar-refractivity contribution in [3.05, 3.63) is 47.5 Å². The van der Waals surface area contributed by atoms with Gasteiger partial charge in [-0.3, -0.25) is 4.79 Å². The summed E-state index contributed by atoms with van der Waals surface area (Å²) in [7, 11) is 0. The standard InChI is InChI=1S/C21H22O9/c1-9-18(25)19(26)20(27)21(28-9)30-16-7-12(23)6-15-17(16)13(24)8-14(29-15)10-2-4-11(22)5-3-10/h2-7,9,14,18-23,25-27H,8H2,1H3/t9-,14-,18-,19-,20-,21+/m0/s1. The summed E-state index contributed by atoms with van der Waals surface area (Å²) in [4.78, 5) is 12.9. The largest absolute Gasteiger partial charge is 0.508 e. The van der Waals surface area contributed by atoms with Crippen LogP contribution in [0.25, 0.3) is 0 Å². The molecule has 2 aromatic rings. The zero-order valence-corrected chi connectivity index (χ0v) is 16.0. The van der Waals surface area contributed by atoms with Crippen LogP contribution in [-0.4, -0.2) is 62.0 Å². The zero-order valence-electron chi connectivity index (χ0n) is 16.0. The number of benzene rings is 2. The van der Waals surface area contributed by atoms with Crippen molar-refractivity contribution in [2.45, 2.75) is 50.2 Å². The molecule has 30 heavy (non-hydrogen) atoms. The normalized spacial score (nSPS) is 31.0. The minimum Gasteiger partial charge on any atom is -0.508 e. The Kier molecular flexibility index (Phi) is 5.29. The number of rotatable bonds is 3. The lowest BCUT2D eigenvalue weighted by Crippen LogP contribution is -2.58. The molecule has 0 bridgehead atoms. The molecule has 5 N–H and O–H groups in total. The van der Waals surface area contributed by atoms with Crippen LogP contribution in [0.4, 0.5) is 0 Å². The van der Waals surface area contributed by atoms with Gasteiger partial charge in [0, 0.05) is 12.1 Å². The molecule has 0 aliphatic carbocycles. The van der Waals surface area contributed by atoms with Gasteiger partial charge in [0.1, 0.15) is 53.0 Å². The Morgan fingerprint density at radius 3 is 2.37 bits per heavy atom. The summed E-state index contributed by atoms with van der Waals surface area (Å²) >= 11 is 0. The summed E-state index contributed by atoms with van der Waals surface area (Å²) in [6.07, 6.45) is -7.19. The molecule has 1 fully saturated rings. The fourth-order valence-corrected chi connectivity index (χ4v) is 3.61. The lowest BCUT2D eigenvalue weighted by molar-refractivity contribution is -0.268. The van der Waals surface area contributed by atoms with Gasteiger partial charge in [-0.1, -0.05) is 12.1 Å².